The lowest BCUT2D eigenvalue weighted by Gasteiger charge is -2.13. The Balaban J connectivity index is 3.02. The zero-order valence-corrected chi connectivity index (χ0v) is 12.9. The van der Waals surface area contributed by atoms with Gasteiger partial charge in [-0.25, -0.2) is 8.42 Å². The van der Waals surface area contributed by atoms with Crippen molar-refractivity contribution in [1.82, 2.24) is 0 Å². The summed E-state index contributed by atoms with van der Waals surface area (Å²) in [6.07, 6.45) is 0. The molecule has 3 nitrogen and oxygen atoms in total. The summed E-state index contributed by atoms with van der Waals surface area (Å²) in [6, 6.07) is 8.43. The van der Waals surface area contributed by atoms with Crippen LogP contribution >= 0.6 is 45.2 Å². The fraction of sp³-hybridized carbons (Fsp3) is 0. The van der Waals surface area contributed by atoms with E-state index < -0.39 is 10.1 Å². The molecule has 0 saturated heterocycles. The normalized spacial score (nSPS) is 11.9. The summed E-state index contributed by atoms with van der Waals surface area (Å²) < 4.78 is 35.2. The van der Waals surface area contributed by atoms with E-state index in [1.54, 1.807) is 12.1 Å². The number of fused-ring (bicyclic) bond motifs is 1. The van der Waals surface area contributed by atoms with Crippen molar-refractivity contribution >= 4 is 66.1 Å². The van der Waals surface area contributed by atoms with Crippen molar-refractivity contribution in [2.75, 3.05) is 0 Å². The molecule has 0 heterocycles. The van der Waals surface area contributed by atoms with Crippen molar-refractivity contribution in [2.45, 2.75) is 4.90 Å². The van der Waals surface area contributed by atoms with Gasteiger partial charge < -0.3 is 4.55 Å². The molecule has 0 radical (unpaired) electrons. The first-order valence-electron chi connectivity index (χ1n) is 4.24. The maximum absolute atomic E-state index is 11.1. The van der Waals surface area contributed by atoms with Crippen LogP contribution in [-0.4, -0.2) is 13.0 Å². The van der Waals surface area contributed by atoms with Gasteiger partial charge in [0.1, 0.15) is 10.1 Å². The molecule has 0 aliphatic heterocycles. The second kappa shape index (κ2) is 4.39. The summed E-state index contributed by atoms with van der Waals surface area (Å²) in [5, 5.41) is 1.28. The van der Waals surface area contributed by atoms with Gasteiger partial charge in [-0.3, -0.25) is 0 Å². The first-order chi connectivity index (χ1) is 7.41. The second-order valence-corrected chi connectivity index (χ2v) is 6.76. The molecular weight excluding hydrogens is 454 g/mol. The highest BCUT2D eigenvalue weighted by Gasteiger charge is 2.12. The number of hydrogen-bond acceptors (Lipinski definition) is 3. The Hall–Kier alpha value is 0.0700. The van der Waals surface area contributed by atoms with Crippen LogP contribution in [0.3, 0.4) is 0 Å². The van der Waals surface area contributed by atoms with E-state index in [2.05, 4.69) is 22.6 Å². The van der Waals surface area contributed by atoms with Gasteiger partial charge in [-0.2, -0.15) is 0 Å². The molecular formula is C10H5I2O3S-. The van der Waals surface area contributed by atoms with Gasteiger partial charge in [0.25, 0.3) is 0 Å². The van der Waals surface area contributed by atoms with Crippen molar-refractivity contribution in [3.63, 3.8) is 0 Å². The van der Waals surface area contributed by atoms with Crippen molar-refractivity contribution in [1.29, 1.82) is 0 Å². The lowest BCUT2D eigenvalue weighted by atomic mass is 10.1. The van der Waals surface area contributed by atoms with Crippen LogP contribution in [0.25, 0.3) is 10.8 Å². The average molecular weight is 459 g/mol. The molecule has 0 amide bonds. The van der Waals surface area contributed by atoms with Crippen molar-refractivity contribution in [3.8, 4) is 0 Å². The Labute approximate surface area is 120 Å². The van der Waals surface area contributed by atoms with Crippen molar-refractivity contribution < 1.29 is 13.0 Å². The van der Waals surface area contributed by atoms with E-state index in [-0.39, 0.29) is 4.90 Å². The Morgan fingerprint density at radius 2 is 1.62 bits per heavy atom. The van der Waals surface area contributed by atoms with Crippen LogP contribution in [0, 0.1) is 7.14 Å². The predicted molar refractivity (Wildman–Crippen MR) is 77.3 cm³/mol. The monoisotopic (exact) mass is 459 g/mol. The summed E-state index contributed by atoms with van der Waals surface area (Å²) in [5.74, 6) is 0. The Morgan fingerprint density at radius 1 is 1.06 bits per heavy atom. The number of rotatable bonds is 1. The molecule has 0 aliphatic rings. The molecule has 2 aromatic rings. The van der Waals surface area contributed by atoms with Gasteiger partial charge in [0, 0.05) is 12.5 Å². The van der Waals surface area contributed by atoms with Crippen molar-refractivity contribution in [2.24, 2.45) is 0 Å². The molecule has 16 heavy (non-hydrogen) atoms. The predicted octanol–water partition coefficient (Wildman–Crippen LogP) is 2.95. The van der Waals surface area contributed by atoms with Crippen LogP contribution in [-0.2, 0) is 10.1 Å². The van der Waals surface area contributed by atoms with Crippen LogP contribution in [0.5, 0.6) is 0 Å². The van der Waals surface area contributed by atoms with E-state index >= 15 is 0 Å². The van der Waals surface area contributed by atoms with Gasteiger partial charge in [0.05, 0.1) is 4.90 Å². The minimum absolute atomic E-state index is 0.145. The van der Waals surface area contributed by atoms with Gasteiger partial charge in [-0.05, 0) is 56.6 Å². The van der Waals surface area contributed by atoms with Gasteiger partial charge in [0.2, 0.25) is 0 Å². The Bertz CT molecular complexity index is 665. The SMILES string of the molecule is O=S(=O)([O-])c1cc(I)c(I)c2ccccc12. The molecule has 84 valence electrons. The first-order valence-corrected chi connectivity index (χ1v) is 7.80. The molecule has 6 heteroatoms. The third-order valence-corrected chi connectivity index (χ3v) is 6.09. The van der Waals surface area contributed by atoms with Gasteiger partial charge in [-0.1, -0.05) is 24.3 Å². The fourth-order valence-corrected chi connectivity index (χ4v) is 3.63. The summed E-state index contributed by atoms with van der Waals surface area (Å²) in [7, 11) is -4.43. The van der Waals surface area contributed by atoms with Gasteiger partial charge in [-0.15, -0.1) is 0 Å². The summed E-state index contributed by atoms with van der Waals surface area (Å²) >= 11 is 4.17. The Morgan fingerprint density at radius 3 is 2.19 bits per heavy atom. The lowest BCUT2D eigenvalue weighted by molar-refractivity contribution is 0.464. The zero-order chi connectivity index (χ0) is 11.9. The highest BCUT2D eigenvalue weighted by Crippen LogP contribution is 2.30. The number of halogens is 2. The minimum atomic E-state index is -4.43. The summed E-state index contributed by atoms with van der Waals surface area (Å²) in [5.41, 5.74) is 0. The molecule has 0 aromatic heterocycles. The quantitative estimate of drug-likeness (QED) is 0.487. The van der Waals surface area contributed by atoms with E-state index in [0.29, 0.717) is 5.39 Å². The molecule has 2 rings (SSSR count). The van der Waals surface area contributed by atoms with Crippen LogP contribution in [0.4, 0.5) is 0 Å². The molecule has 0 atom stereocenters. The number of benzene rings is 2. The van der Waals surface area contributed by atoms with E-state index in [1.807, 2.05) is 34.7 Å². The molecule has 0 bridgehead atoms. The minimum Gasteiger partial charge on any atom is -0.744 e. The molecule has 0 unspecified atom stereocenters. The van der Waals surface area contributed by atoms with Crippen LogP contribution in [0.1, 0.15) is 0 Å². The average Bonchev–Trinajstić information content (AvgIpc) is 2.22. The molecule has 0 saturated carbocycles. The molecule has 0 spiro atoms. The topological polar surface area (TPSA) is 57.2 Å². The second-order valence-electron chi connectivity index (χ2n) is 3.17. The van der Waals surface area contributed by atoms with Crippen LogP contribution < -0.4 is 0 Å². The smallest absolute Gasteiger partial charge is 0.125 e. The zero-order valence-electron chi connectivity index (χ0n) is 7.78. The maximum atomic E-state index is 11.1. The highest BCUT2D eigenvalue weighted by atomic mass is 127. The first kappa shape index (κ1) is 12.5. The third kappa shape index (κ3) is 2.20. The van der Waals surface area contributed by atoms with Crippen molar-refractivity contribution in [3.05, 3.63) is 37.5 Å². The standard InChI is InChI=1S/C10H6I2O3S/c11-8-5-9(16(13,14)15)6-3-1-2-4-7(6)10(8)12/h1-5H,(H,13,14,15)/p-1. The van der Waals surface area contributed by atoms with Crippen LogP contribution in [0.15, 0.2) is 35.2 Å². The van der Waals surface area contributed by atoms with E-state index in [9.17, 15) is 13.0 Å². The number of hydrogen-bond donors (Lipinski definition) is 0. The highest BCUT2D eigenvalue weighted by molar-refractivity contribution is 14.1. The summed E-state index contributed by atoms with van der Waals surface area (Å²) in [6.45, 7) is 0. The fourth-order valence-electron chi connectivity index (χ4n) is 1.48. The maximum Gasteiger partial charge on any atom is 0.125 e. The van der Waals surface area contributed by atoms with Crippen LogP contribution in [0.2, 0.25) is 0 Å². The molecule has 0 fully saturated rings. The molecule has 0 aliphatic carbocycles. The molecule has 0 N–H and O–H groups in total. The van der Waals surface area contributed by atoms with E-state index in [4.69, 9.17) is 0 Å². The van der Waals surface area contributed by atoms with Gasteiger partial charge in [0.15, 0.2) is 0 Å². The van der Waals surface area contributed by atoms with Gasteiger partial charge >= 0.3 is 0 Å². The largest absolute Gasteiger partial charge is 0.744 e. The summed E-state index contributed by atoms with van der Waals surface area (Å²) in [4.78, 5) is -0.145. The van der Waals surface area contributed by atoms with E-state index in [1.165, 1.54) is 6.07 Å². The third-order valence-electron chi connectivity index (χ3n) is 2.17. The lowest BCUT2D eigenvalue weighted by Crippen LogP contribution is -2.01. The molecule has 2 aromatic carbocycles. The Kier molecular flexibility index (Phi) is 3.44. The van der Waals surface area contributed by atoms with E-state index in [0.717, 1.165) is 12.5 Å².